The Kier molecular flexibility index (Phi) is 3.82. The maximum absolute atomic E-state index is 12.6. The second-order valence-electron chi connectivity index (χ2n) is 3.25. The lowest BCUT2D eigenvalue weighted by atomic mass is 10.3. The van der Waals surface area contributed by atoms with Crippen LogP contribution >= 0.6 is 15.9 Å². The molecule has 0 atom stereocenters. The fourth-order valence-electron chi connectivity index (χ4n) is 1.19. The van der Waals surface area contributed by atoms with Gasteiger partial charge in [-0.1, -0.05) is 0 Å². The van der Waals surface area contributed by atoms with Crippen LogP contribution in [0.15, 0.2) is 52.2 Å². The zero-order chi connectivity index (χ0) is 12.1. The molecule has 0 aliphatic heterocycles. The number of nitrogens with one attached hydrogen (secondary N) is 1. The number of rotatable bonds is 3. The van der Waals surface area contributed by atoms with Gasteiger partial charge in [-0.25, -0.2) is 4.39 Å². The van der Waals surface area contributed by atoms with E-state index < -0.39 is 0 Å². The Morgan fingerprint density at radius 3 is 2.71 bits per heavy atom. The summed E-state index contributed by atoms with van der Waals surface area (Å²) in [7, 11) is 0. The van der Waals surface area contributed by atoms with Crippen LogP contribution in [0, 0.1) is 5.82 Å². The Morgan fingerprint density at radius 1 is 1.24 bits per heavy atom. The first-order valence-electron chi connectivity index (χ1n) is 4.91. The summed E-state index contributed by atoms with van der Waals surface area (Å²) in [5.74, 6) is -0.271. The van der Waals surface area contributed by atoms with Crippen LogP contribution in [0.3, 0.4) is 0 Å². The van der Waals surface area contributed by atoms with Gasteiger partial charge in [-0.15, -0.1) is 0 Å². The molecule has 86 valence electrons. The van der Waals surface area contributed by atoms with E-state index in [1.165, 1.54) is 12.1 Å². The zero-order valence-electron chi connectivity index (χ0n) is 8.77. The molecule has 5 heteroatoms. The Balaban J connectivity index is 2.03. The Morgan fingerprint density at radius 2 is 2.00 bits per heavy atom. The van der Waals surface area contributed by atoms with Crippen LogP contribution in [0.5, 0.6) is 0 Å². The standard InChI is InChI=1S/C12H9BrFN3/c13-11-2-1-7-15-12(11)8-16-17-10-5-3-9(14)4-6-10/h1-8,17H/b16-8+. The van der Waals surface area contributed by atoms with E-state index in [0.717, 1.165) is 15.9 Å². The minimum atomic E-state index is -0.271. The lowest BCUT2D eigenvalue weighted by Gasteiger charge is -1.99. The van der Waals surface area contributed by atoms with E-state index in [1.54, 1.807) is 24.5 Å². The van der Waals surface area contributed by atoms with Crippen molar-refractivity contribution in [3.8, 4) is 0 Å². The number of nitrogens with zero attached hydrogens (tertiary/aromatic N) is 2. The van der Waals surface area contributed by atoms with Gasteiger partial charge in [0, 0.05) is 10.7 Å². The predicted octanol–water partition coefficient (Wildman–Crippen LogP) is 3.43. The largest absolute Gasteiger partial charge is 0.278 e. The summed E-state index contributed by atoms with van der Waals surface area (Å²) in [5.41, 5.74) is 4.23. The fourth-order valence-corrected chi connectivity index (χ4v) is 1.54. The van der Waals surface area contributed by atoms with E-state index in [2.05, 4.69) is 31.4 Å². The molecule has 1 aromatic heterocycles. The summed E-state index contributed by atoms with van der Waals surface area (Å²) >= 11 is 3.36. The summed E-state index contributed by atoms with van der Waals surface area (Å²) in [5, 5.41) is 4.01. The van der Waals surface area contributed by atoms with Gasteiger partial charge in [0.1, 0.15) is 5.82 Å². The molecule has 3 nitrogen and oxygen atoms in total. The Hall–Kier alpha value is -1.75. The molecule has 0 bridgehead atoms. The van der Waals surface area contributed by atoms with Crippen LogP contribution in [0.2, 0.25) is 0 Å². The first-order valence-corrected chi connectivity index (χ1v) is 5.70. The van der Waals surface area contributed by atoms with Crippen molar-refractivity contribution in [1.29, 1.82) is 0 Å². The van der Waals surface area contributed by atoms with E-state index in [0.29, 0.717) is 0 Å². The minimum Gasteiger partial charge on any atom is -0.278 e. The number of hydrogen-bond donors (Lipinski definition) is 1. The number of hydrazone groups is 1. The molecule has 0 radical (unpaired) electrons. The molecule has 17 heavy (non-hydrogen) atoms. The highest BCUT2D eigenvalue weighted by molar-refractivity contribution is 9.10. The van der Waals surface area contributed by atoms with Crippen LogP contribution < -0.4 is 5.43 Å². The van der Waals surface area contributed by atoms with Gasteiger partial charge < -0.3 is 0 Å². The number of halogens is 2. The van der Waals surface area contributed by atoms with Gasteiger partial charge in [0.2, 0.25) is 0 Å². The second-order valence-corrected chi connectivity index (χ2v) is 4.10. The highest BCUT2D eigenvalue weighted by atomic mass is 79.9. The van der Waals surface area contributed by atoms with Crippen molar-refractivity contribution in [2.45, 2.75) is 0 Å². The first kappa shape index (κ1) is 11.7. The SMILES string of the molecule is Fc1ccc(N/N=C/c2ncccc2Br)cc1. The van der Waals surface area contributed by atoms with Gasteiger partial charge in [-0.2, -0.15) is 5.10 Å². The number of benzene rings is 1. The molecule has 0 aliphatic rings. The Labute approximate surface area is 107 Å². The van der Waals surface area contributed by atoms with Crippen molar-refractivity contribution in [3.63, 3.8) is 0 Å². The third-order valence-electron chi connectivity index (χ3n) is 2.01. The highest BCUT2D eigenvalue weighted by Crippen LogP contribution is 2.11. The minimum absolute atomic E-state index is 0.271. The van der Waals surface area contributed by atoms with Gasteiger partial charge in [0.25, 0.3) is 0 Å². The summed E-state index contributed by atoms with van der Waals surface area (Å²) < 4.78 is 13.5. The Bertz CT molecular complexity index is 526. The molecule has 2 aromatic rings. The first-order chi connectivity index (χ1) is 8.25. The van der Waals surface area contributed by atoms with E-state index in [-0.39, 0.29) is 5.82 Å². The van der Waals surface area contributed by atoms with Crippen LogP contribution in [0.4, 0.5) is 10.1 Å². The quantitative estimate of drug-likeness (QED) is 0.695. The fraction of sp³-hybridized carbons (Fsp3) is 0. The summed E-state index contributed by atoms with van der Waals surface area (Å²) in [6.45, 7) is 0. The second kappa shape index (κ2) is 5.54. The van der Waals surface area contributed by atoms with E-state index in [4.69, 9.17) is 0 Å². The van der Waals surface area contributed by atoms with E-state index in [1.807, 2.05) is 12.1 Å². The van der Waals surface area contributed by atoms with Crippen molar-refractivity contribution in [3.05, 3.63) is 58.6 Å². The van der Waals surface area contributed by atoms with E-state index in [9.17, 15) is 4.39 Å². The van der Waals surface area contributed by atoms with E-state index >= 15 is 0 Å². The average molecular weight is 294 g/mol. The molecule has 1 aromatic carbocycles. The molecule has 0 fully saturated rings. The summed E-state index contributed by atoms with van der Waals surface area (Å²) in [4.78, 5) is 4.13. The van der Waals surface area contributed by atoms with Crippen molar-refractivity contribution in [2.75, 3.05) is 5.43 Å². The molecule has 1 heterocycles. The predicted molar refractivity (Wildman–Crippen MR) is 69.6 cm³/mol. The van der Waals surface area contributed by atoms with Crippen LogP contribution in [0.25, 0.3) is 0 Å². The van der Waals surface area contributed by atoms with Gasteiger partial charge in [-0.05, 0) is 52.3 Å². The van der Waals surface area contributed by atoms with Crippen LogP contribution in [0.1, 0.15) is 5.69 Å². The monoisotopic (exact) mass is 293 g/mol. The topological polar surface area (TPSA) is 37.3 Å². The van der Waals surface area contributed by atoms with Crippen molar-refractivity contribution < 1.29 is 4.39 Å². The summed E-state index contributed by atoms with van der Waals surface area (Å²) in [6, 6.07) is 9.67. The number of pyridine rings is 1. The molecule has 0 unspecified atom stereocenters. The third kappa shape index (κ3) is 3.35. The maximum atomic E-state index is 12.6. The molecular weight excluding hydrogens is 285 g/mol. The normalized spacial score (nSPS) is 10.7. The maximum Gasteiger partial charge on any atom is 0.123 e. The molecule has 0 saturated carbocycles. The molecular formula is C12H9BrFN3. The molecule has 2 rings (SSSR count). The zero-order valence-corrected chi connectivity index (χ0v) is 10.4. The average Bonchev–Trinajstić information content (AvgIpc) is 2.34. The van der Waals surface area contributed by atoms with Crippen molar-refractivity contribution in [1.82, 2.24) is 4.98 Å². The molecule has 0 amide bonds. The molecule has 1 N–H and O–H groups in total. The van der Waals surface area contributed by atoms with Gasteiger partial charge in [-0.3, -0.25) is 10.4 Å². The van der Waals surface area contributed by atoms with Crippen molar-refractivity contribution in [2.24, 2.45) is 5.10 Å². The number of hydrogen-bond acceptors (Lipinski definition) is 3. The smallest absolute Gasteiger partial charge is 0.123 e. The van der Waals surface area contributed by atoms with Crippen LogP contribution in [-0.4, -0.2) is 11.2 Å². The van der Waals surface area contributed by atoms with Crippen LogP contribution in [-0.2, 0) is 0 Å². The van der Waals surface area contributed by atoms with Gasteiger partial charge in [0.05, 0.1) is 17.6 Å². The summed E-state index contributed by atoms with van der Waals surface area (Å²) in [6.07, 6.45) is 3.28. The lowest BCUT2D eigenvalue weighted by Crippen LogP contribution is -1.93. The molecule has 0 aliphatic carbocycles. The van der Waals surface area contributed by atoms with Gasteiger partial charge >= 0.3 is 0 Å². The van der Waals surface area contributed by atoms with Gasteiger partial charge in [0.15, 0.2) is 0 Å². The molecule has 0 saturated heterocycles. The number of anilines is 1. The van der Waals surface area contributed by atoms with Crippen molar-refractivity contribution >= 4 is 27.8 Å². The number of aromatic nitrogens is 1. The highest BCUT2D eigenvalue weighted by Gasteiger charge is 1.95. The third-order valence-corrected chi connectivity index (χ3v) is 2.68. The molecule has 0 spiro atoms. The lowest BCUT2D eigenvalue weighted by molar-refractivity contribution is 0.628.